The lowest BCUT2D eigenvalue weighted by molar-refractivity contribution is 0.234. The van der Waals surface area contributed by atoms with E-state index in [0.29, 0.717) is 12.1 Å². The lowest BCUT2D eigenvalue weighted by Gasteiger charge is -2.26. The summed E-state index contributed by atoms with van der Waals surface area (Å²) in [5, 5.41) is 1.24. The normalized spacial score (nSPS) is 14.7. The second-order valence-corrected chi connectivity index (χ2v) is 7.19. The van der Waals surface area contributed by atoms with E-state index in [1.807, 2.05) is 37.3 Å². The third-order valence-electron chi connectivity index (χ3n) is 5.54. The molecule has 5 heteroatoms. The Morgan fingerprint density at radius 2 is 2.00 bits per heavy atom. The molecule has 136 valence electrons. The molecule has 0 unspecified atom stereocenters. The highest BCUT2D eigenvalue weighted by Crippen LogP contribution is 2.30. The molecule has 3 aromatic heterocycles. The van der Waals surface area contributed by atoms with E-state index in [1.54, 1.807) is 10.6 Å². The molecule has 0 bridgehead atoms. The first-order valence-electron chi connectivity index (χ1n) is 9.39. The molecule has 4 heterocycles. The number of nitrogens with zero attached hydrogens (tertiary/aromatic N) is 3. The van der Waals surface area contributed by atoms with Crippen LogP contribution in [-0.2, 0) is 19.4 Å². The number of rotatable bonds is 3. The number of pyridine rings is 1. The standard InChI is InChI=1S/C22H21N3O2/c1-15-16(22(26)25-11-5-4-8-21(25)23-15)9-12-24-13-10-18-17-6-2-3-7-19(17)27-20(18)14-24/h2-8,11H,9-10,12-14H2,1H3. The molecule has 0 fully saturated rings. The van der Waals surface area contributed by atoms with Gasteiger partial charge in [0, 0.05) is 41.5 Å². The quantitative estimate of drug-likeness (QED) is 0.563. The lowest BCUT2D eigenvalue weighted by atomic mass is 10.0. The van der Waals surface area contributed by atoms with Crippen LogP contribution in [0.1, 0.15) is 22.6 Å². The van der Waals surface area contributed by atoms with Crippen molar-refractivity contribution in [3.05, 3.63) is 81.6 Å². The van der Waals surface area contributed by atoms with E-state index in [-0.39, 0.29) is 5.56 Å². The third kappa shape index (κ3) is 2.75. The first kappa shape index (κ1) is 16.3. The van der Waals surface area contributed by atoms with Crippen molar-refractivity contribution < 1.29 is 4.42 Å². The number of hydrogen-bond donors (Lipinski definition) is 0. The van der Waals surface area contributed by atoms with Crippen LogP contribution in [0.25, 0.3) is 16.6 Å². The Morgan fingerprint density at radius 1 is 1.15 bits per heavy atom. The first-order valence-corrected chi connectivity index (χ1v) is 9.39. The highest BCUT2D eigenvalue weighted by Gasteiger charge is 2.22. The molecule has 4 aromatic rings. The molecule has 0 radical (unpaired) electrons. The second kappa shape index (κ2) is 6.35. The molecule has 5 nitrogen and oxygen atoms in total. The van der Waals surface area contributed by atoms with Crippen molar-refractivity contribution >= 4 is 16.6 Å². The van der Waals surface area contributed by atoms with Gasteiger partial charge in [-0.1, -0.05) is 24.3 Å². The SMILES string of the molecule is Cc1nc2ccccn2c(=O)c1CCN1CCc2c(oc3ccccc23)C1. The number of aromatic nitrogens is 2. The summed E-state index contributed by atoms with van der Waals surface area (Å²) in [4.78, 5) is 19.8. The fraction of sp³-hybridized carbons (Fsp3) is 0.273. The van der Waals surface area contributed by atoms with E-state index < -0.39 is 0 Å². The maximum atomic E-state index is 12.8. The van der Waals surface area contributed by atoms with Crippen molar-refractivity contribution in [1.82, 2.24) is 14.3 Å². The van der Waals surface area contributed by atoms with Gasteiger partial charge >= 0.3 is 0 Å². The van der Waals surface area contributed by atoms with Crippen molar-refractivity contribution in [2.24, 2.45) is 0 Å². The summed E-state index contributed by atoms with van der Waals surface area (Å²) >= 11 is 0. The van der Waals surface area contributed by atoms with Gasteiger partial charge in [0.2, 0.25) is 0 Å². The molecule has 0 spiro atoms. The first-order chi connectivity index (χ1) is 13.2. The molecule has 27 heavy (non-hydrogen) atoms. The highest BCUT2D eigenvalue weighted by molar-refractivity contribution is 5.82. The molecule has 0 aliphatic carbocycles. The molecular formula is C22H21N3O2. The molecular weight excluding hydrogens is 338 g/mol. The lowest BCUT2D eigenvalue weighted by Crippen LogP contribution is -2.33. The molecule has 1 aliphatic rings. The van der Waals surface area contributed by atoms with Crippen LogP contribution in [-0.4, -0.2) is 27.4 Å². The van der Waals surface area contributed by atoms with Gasteiger partial charge in [-0.25, -0.2) is 4.98 Å². The van der Waals surface area contributed by atoms with Crippen molar-refractivity contribution in [3.8, 4) is 0 Å². The van der Waals surface area contributed by atoms with E-state index in [4.69, 9.17) is 4.42 Å². The van der Waals surface area contributed by atoms with Gasteiger partial charge < -0.3 is 4.42 Å². The summed E-state index contributed by atoms with van der Waals surface area (Å²) < 4.78 is 7.69. The number of aryl methyl sites for hydroxylation is 1. The smallest absolute Gasteiger partial charge is 0.261 e. The average Bonchev–Trinajstić information content (AvgIpc) is 3.05. The van der Waals surface area contributed by atoms with Gasteiger partial charge in [0.15, 0.2) is 0 Å². The maximum absolute atomic E-state index is 12.8. The van der Waals surface area contributed by atoms with Crippen LogP contribution in [0.4, 0.5) is 0 Å². The Kier molecular flexibility index (Phi) is 3.83. The summed E-state index contributed by atoms with van der Waals surface area (Å²) in [6.07, 6.45) is 3.47. The van der Waals surface area contributed by atoms with Gasteiger partial charge in [-0.2, -0.15) is 0 Å². The van der Waals surface area contributed by atoms with Crippen molar-refractivity contribution in [1.29, 1.82) is 0 Å². The van der Waals surface area contributed by atoms with Crippen LogP contribution in [0.5, 0.6) is 0 Å². The molecule has 0 atom stereocenters. The number of fused-ring (bicyclic) bond motifs is 4. The van der Waals surface area contributed by atoms with Crippen LogP contribution >= 0.6 is 0 Å². The number of para-hydroxylation sites is 1. The fourth-order valence-corrected chi connectivity index (χ4v) is 4.09. The second-order valence-electron chi connectivity index (χ2n) is 7.19. The van der Waals surface area contributed by atoms with E-state index in [9.17, 15) is 4.79 Å². The van der Waals surface area contributed by atoms with Crippen LogP contribution in [0.15, 0.2) is 57.9 Å². The Labute approximate surface area is 156 Å². The average molecular weight is 359 g/mol. The summed E-state index contributed by atoms with van der Waals surface area (Å²) in [5.41, 5.74) is 4.68. The Morgan fingerprint density at radius 3 is 2.93 bits per heavy atom. The van der Waals surface area contributed by atoms with E-state index >= 15 is 0 Å². The summed E-state index contributed by atoms with van der Waals surface area (Å²) in [7, 11) is 0. The van der Waals surface area contributed by atoms with Gasteiger partial charge in [0.25, 0.3) is 5.56 Å². The summed E-state index contributed by atoms with van der Waals surface area (Å²) in [6.45, 7) is 4.54. The molecule has 5 rings (SSSR count). The van der Waals surface area contributed by atoms with Gasteiger partial charge in [-0.15, -0.1) is 0 Å². The minimum absolute atomic E-state index is 0.0412. The minimum atomic E-state index is 0.0412. The molecule has 0 saturated carbocycles. The van der Waals surface area contributed by atoms with Crippen LogP contribution in [0.2, 0.25) is 0 Å². The third-order valence-corrected chi connectivity index (χ3v) is 5.54. The summed E-state index contributed by atoms with van der Waals surface area (Å²) in [5.74, 6) is 1.06. The number of furan rings is 1. The zero-order valence-corrected chi connectivity index (χ0v) is 15.3. The van der Waals surface area contributed by atoms with Gasteiger partial charge in [-0.3, -0.25) is 14.1 Å². The largest absolute Gasteiger partial charge is 0.459 e. The monoisotopic (exact) mass is 359 g/mol. The fourth-order valence-electron chi connectivity index (χ4n) is 4.09. The molecule has 1 aromatic carbocycles. The van der Waals surface area contributed by atoms with Gasteiger partial charge in [-0.05, 0) is 38.0 Å². The van der Waals surface area contributed by atoms with Crippen molar-refractivity contribution in [2.75, 3.05) is 13.1 Å². The summed E-state index contributed by atoms with van der Waals surface area (Å²) in [6, 6.07) is 13.9. The Balaban J connectivity index is 1.38. The molecule has 0 N–H and O–H groups in total. The molecule has 1 aliphatic heterocycles. The number of benzene rings is 1. The molecule has 0 amide bonds. The highest BCUT2D eigenvalue weighted by atomic mass is 16.3. The van der Waals surface area contributed by atoms with Gasteiger partial charge in [0.1, 0.15) is 17.0 Å². The molecule has 0 saturated heterocycles. The van der Waals surface area contributed by atoms with E-state index in [2.05, 4.69) is 22.0 Å². The van der Waals surface area contributed by atoms with Crippen LogP contribution in [0.3, 0.4) is 0 Å². The van der Waals surface area contributed by atoms with E-state index in [0.717, 1.165) is 48.7 Å². The maximum Gasteiger partial charge on any atom is 0.261 e. The Bertz CT molecular complexity index is 1210. The van der Waals surface area contributed by atoms with Crippen molar-refractivity contribution in [2.45, 2.75) is 26.3 Å². The Hall–Kier alpha value is -2.92. The predicted molar refractivity (Wildman–Crippen MR) is 105 cm³/mol. The van der Waals surface area contributed by atoms with Gasteiger partial charge in [0.05, 0.1) is 6.54 Å². The number of hydrogen-bond acceptors (Lipinski definition) is 4. The minimum Gasteiger partial charge on any atom is -0.459 e. The zero-order valence-electron chi connectivity index (χ0n) is 15.3. The zero-order chi connectivity index (χ0) is 18.4. The van der Waals surface area contributed by atoms with Crippen LogP contribution in [0, 0.1) is 6.92 Å². The predicted octanol–water partition coefficient (Wildman–Crippen LogP) is 3.35. The van der Waals surface area contributed by atoms with Crippen molar-refractivity contribution in [3.63, 3.8) is 0 Å². The van der Waals surface area contributed by atoms with E-state index in [1.165, 1.54) is 10.9 Å². The topological polar surface area (TPSA) is 50.8 Å². The van der Waals surface area contributed by atoms with Crippen LogP contribution < -0.4 is 5.56 Å².